The smallest absolute Gasteiger partial charge is 0.303 e. The second-order valence-electron chi connectivity index (χ2n) is 4.03. The first kappa shape index (κ1) is 15.5. The number of nitrogens with one attached hydrogen (secondary N) is 1. The molecule has 0 fully saturated rings. The second kappa shape index (κ2) is 6.53. The maximum Gasteiger partial charge on any atom is 0.303 e. The van der Waals surface area contributed by atoms with Gasteiger partial charge in [-0.15, -0.1) is 0 Å². The first-order valence-corrected chi connectivity index (χ1v) is 7.21. The molecule has 0 aliphatic heterocycles. The van der Waals surface area contributed by atoms with Crippen LogP contribution in [0.3, 0.4) is 0 Å². The van der Waals surface area contributed by atoms with Crippen molar-refractivity contribution in [2.45, 2.75) is 24.7 Å². The van der Waals surface area contributed by atoms with Gasteiger partial charge in [0.1, 0.15) is 5.75 Å². The number of hydrogen-bond acceptors (Lipinski definition) is 4. The summed E-state index contributed by atoms with van der Waals surface area (Å²) in [6.45, 7) is 1.85. The number of carbonyl (C=O) groups is 1. The maximum absolute atomic E-state index is 11.9. The number of ether oxygens (including phenoxy) is 1. The number of rotatable bonds is 7. The van der Waals surface area contributed by atoms with Gasteiger partial charge in [-0.25, -0.2) is 13.1 Å². The fraction of sp³-hybridized carbons (Fsp3) is 0.417. The lowest BCUT2D eigenvalue weighted by molar-refractivity contribution is -0.137. The van der Waals surface area contributed by atoms with Crippen LogP contribution in [0.4, 0.5) is 0 Å². The minimum Gasteiger partial charge on any atom is -0.496 e. The minimum atomic E-state index is -3.60. The van der Waals surface area contributed by atoms with E-state index >= 15 is 0 Å². The van der Waals surface area contributed by atoms with E-state index in [2.05, 4.69) is 4.72 Å². The van der Waals surface area contributed by atoms with Crippen molar-refractivity contribution in [1.82, 2.24) is 4.72 Å². The standard InChI is InChI=1S/C12H17NO5S/c1-9-8-10(5-6-11(9)18-2)19(16,17)13-7-3-4-12(14)15/h5-6,8,13H,3-4,7H2,1-2H3,(H,14,15). The molecule has 0 spiro atoms. The Morgan fingerprint density at radius 2 is 2.11 bits per heavy atom. The van der Waals surface area contributed by atoms with Gasteiger partial charge >= 0.3 is 5.97 Å². The molecule has 1 rings (SSSR count). The number of hydrogen-bond donors (Lipinski definition) is 2. The number of sulfonamides is 1. The molecule has 0 saturated heterocycles. The Bertz CT molecular complexity index is 553. The average Bonchev–Trinajstić information content (AvgIpc) is 2.34. The van der Waals surface area contributed by atoms with Crippen LogP contribution >= 0.6 is 0 Å². The summed E-state index contributed by atoms with van der Waals surface area (Å²) in [5.41, 5.74) is 0.718. The van der Waals surface area contributed by atoms with Crippen LogP contribution in [0.15, 0.2) is 23.1 Å². The molecule has 6 nitrogen and oxygen atoms in total. The number of carboxylic acids is 1. The molecule has 7 heteroatoms. The lowest BCUT2D eigenvalue weighted by Gasteiger charge is -2.09. The summed E-state index contributed by atoms with van der Waals surface area (Å²) < 4.78 is 31.3. The molecule has 0 saturated carbocycles. The molecule has 0 heterocycles. The van der Waals surface area contributed by atoms with Crippen molar-refractivity contribution in [1.29, 1.82) is 0 Å². The zero-order valence-electron chi connectivity index (χ0n) is 10.8. The van der Waals surface area contributed by atoms with Crippen molar-refractivity contribution in [3.05, 3.63) is 23.8 Å². The third-order valence-electron chi connectivity index (χ3n) is 2.54. The van der Waals surface area contributed by atoms with Crippen LogP contribution in [0.5, 0.6) is 5.75 Å². The lowest BCUT2D eigenvalue weighted by Crippen LogP contribution is -2.25. The van der Waals surface area contributed by atoms with Crippen LogP contribution in [0.1, 0.15) is 18.4 Å². The van der Waals surface area contributed by atoms with Crippen LogP contribution in [0.25, 0.3) is 0 Å². The van der Waals surface area contributed by atoms with Crippen LogP contribution in [0.2, 0.25) is 0 Å². The molecule has 0 aliphatic carbocycles. The van der Waals surface area contributed by atoms with Crippen molar-refractivity contribution in [3.8, 4) is 5.75 Å². The number of aryl methyl sites for hydroxylation is 1. The number of methoxy groups -OCH3 is 1. The van der Waals surface area contributed by atoms with Gasteiger partial charge in [0.25, 0.3) is 0 Å². The highest BCUT2D eigenvalue weighted by Crippen LogP contribution is 2.21. The number of carboxylic acid groups (broad SMARTS) is 1. The Labute approximate surface area is 112 Å². The number of aliphatic carboxylic acids is 1. The predicted molar refractivity (Wildman–Crippen MR) is 69.8 cm³/mol. The van der Waals surface area contributed by atoms with Gasteiger partial charge in [0.15, 0.2) is 0 Å². The molecule has 106 valence electrons. The average molecular weight is 287 g/mol. The molecule has 19 heavy (non-hydrogen) atoms. The first-order chi connectivity index (χ1) is 8.86. The maximum atomic E-state index is 11.9. The molecule has 0 bridgehead atoms. The van der Waals surface area contributed by atoms with Crippen molar-refractivity contribution in [2.75, 3.05) is 13.7 Å². The molecule has 1 aromatic carbocycles. The monoisotopic (exact) mass is 287 g/mol. The SMILES string of the molecule is COc1ccc(S(=O)(=O)NCCCC(=O)O)cc1C. The Kier molecular flexibility index (Phi) is 5.31. The van der Waals surface area contributed by atoms with E-state index in [1.807, 2.05) is 0 Å². The van der Waals surface area contributed by atoms with Crippen molar-refractivity contribution < 1.29 is 23.1 Å². The summed E-state index contributed by atoms with van der Waals surface area (Å²) in [4.78, 5) is 10.5. The predicted octanol–water partition coefficient (Wildman–Crippen LogP) is 1.15. The van der Waals surface area contributed by atoms with Gasteiger partial charge in [-0.1, -0.05) is 0 Å². The summed E-state index contributed by atoms with van der Waals surface area (Å²) >= 11 is 0. The van der Waals surface area contributed by atoms with Gasteiger partial charge in [-0.05, 0) is 37.1 Å². The summed E-state index contributed by atoms with van der Waals surface area (Å²) in [5.74, 6) is -0.329. The van der Waals surface area contributed by atoms with Gasteiger partial charge in [0.05, 0.1) is 12.0 Å². The largest absolute Gasteiger partial charge is 0.496 e. The van der Waals surface area contributed by atoms with E-state index in [1.54, 1.807) is 13.0 Å². The summed E-state index contributed by atoms with van der Waals surface area (Å²) in [6.07, 6.45) is 0.188. The normalized spacial score (nSPS) is 11.3. The van der Waals surface area contributed by atoms with Crippen molar-refractivity contribution in [3.63, 3.8) is 0 Å². The van der Waals surface area contributed by atoms with Crippen molar-refractivity contribution >= 4 is 16.0 Å². The van der Waals surface area contributed by atoms with Crippen LogP contribution in [0, 0.1) is 6.92 Å². The molecule has 2 N–H and O–H groups in total. The molecule has 0 atom stereocenters. The van der Waals surface area contributed by atoms with Crippen molar-refractivity contribution in [2.24, 2.45) is 0 Å². The summed E-state index contributed by atoms with van der Waals surface area (Å²) in [6, 6.07) is 4.55. The highest BCUT2D eigenvalue weighted by atomic mass is 32.2. The van der Waals surface area contributed by atoms with E-state index in [0.717, 1.165) is 5.56 Å². The topological polar surface area (TPSA) is 92.7 Å². The molecule has 1 aromatic rings. The van der Waals surface area contributed by atoms with Gasteiger partial charge in [0, 0.05) is 13.0 Å². The molecule has 0 aromatic heterocycles. The first-order valence-electron chi connectivity index (χ1n) is 5.73. The Balaban J connectivity index is 2.72. The zero-order valence-corrected chi connectivity index (χ0v) is 11.7. The van der Waals surface area contributed by atoms with E-state index < -0.39 is 16.0 Å². The molecule has 0 unspecified atom stereocenters. The second-order valence-corrected chi connectivity index (χ2v) is 5.79. The quantitative estimate of drug-likeness (QED) is 0.734. The molecular weight excluding hydrogens is 270 g/mol. The fourth-order valence-corrected chi connectivity index (χ4v) is 2.71. The van der Waals surface area contributed by atoms with Gasteiger partial charge < -0.3 is 9.84 Å². The van der Waals surface area contributed by atoms with E-state index in [1.165, 1.54) is 19.2 Å². The lowest BCUT2D eigenvalue weighted by atomic mass is 10.2. The Morgan fingerprint density at radius 3 is 2.63 bits per heavy atom. The van der Waals surface area contributed by atoms with E-state index in [4.69, 9.17) is 9.84 Å². The molecule has 0 radical (unpaired) electrons. The third kappa shape index (κ3) is 4.53. The summed E-state index contributed by atoms with van der Waals surface area (Å²) in [5, 5.41) is 8.46. The Morgan fingerprint density at radius 1 is 1.42 bits per heavy atom. The number of benzene rings is 1. The van der Waals surface area contributed by atoms with Crippen LogP contribution in [-0.4, -0.2) is 33.1 Å². The molecular formula is C12H17NO5S. The highest BCUT2D eigenvalue weighted by Gasteiger charge is 2.14. The van der Waals surface area contributed by atoms with Crippen LogP contribution in [-0.2, 0) is 14.8 Å². The van der Waals surface area contributed by atoms with E-state index in [0.29, 0.717) is 5.75 Å². The van der Waals surface area contributed by atoms with E-state index in [9.17, 15) is 13.2 Å². The zero-order chi connectivity index (χ0) is 14.5. The summed E-state index contributed by atoms with van der Waals surface area (Å²) in [7, 11) is -2.09. The van der Waals surface area contributed by atoms with E-state index in [-0.39, 0.29) is 24.3 Å². The van der Waals surface area contributed by atoms with Crippen LogP contribution < -0.4 is 9.46 Å². The minimum absolute atomic E-state index is 0.0653. The third-order valence-corrected chi connectivity index (χ3v) is 3.99. The highest BCUT2D eigenvalue weighted by molar-refractivity contribution is 7.89. The molecule has 0 amide bonds. The van der Waals surface area contributed by atoms with Gasteiger partial charge in [-0.2, -0.15) is 0 Å². The Hall–Kier alpha value is -1.60. The van der Waals surface area contributed by atoms with Gasteiger partial charge in [0.2, 0.25) is 10.0 Å². The molecule has 0 aliphatic rings. The van der Waals surface area contributed by atoms with Gasteiger partial charge in [-0.3, -0.25) is 4.79 Å². The fourth-order valence-electron chi connectivity index (χ4n) is 1.55.